The maximum absolute atomic E-state index is 13.5. The molecule has 224 valence electrons. The van der Waals surface area contributed by atoms with Gasteiger partial charge in [-0.2, -0.15) is 13.5 Å². The summed E-state index contributed by atoms with van der Waals surface area (Å²) < 4.78 is 37.5. The Morgan fingerprint density at radius 3 is 2.48 bits per heavy atom. The van der Waals surface area contributed by atoms with Crippen LogP contribution >= 0.6 is 0 Å². The molecule has 7 rings (SSSR count). The standard InChI is InChI=1S/C30H39N7O4S/c1-4-16-35-18-9-25(33-35)42(39,40)34-27(38)21-6-7-23(31-26(21)36-17-5-11-28(36,2)3)37-19-8-24(32-37)41-20-10-22-29(12-13-29)30(22)14-15-30/h6-9,18-19,22H,4-5,10-17,20H2,1-3H3,(H,34,38). The Hall–Kier alpha value is -3.41. The molecule has 11 nitrogen and oxygen atoms in total. The molecule has 3 aromatic rings. The van der Waals surface area contributed by atoms with Crippen LogP contribution in [0.15, 0.2) is 41.7 Å². The number of carbonyl (C=O) groups excluding carboxylic acids is 1. The number of fused-ring (bicyclic) bond motifs is 1. The molecule has 0 unspecified atom stereocenters. The molecule has 12 heteroatoms. The van der Waals surface area contributed by atoms with E-state index in [0.29, 0.717) is 48.0 Å². The van der Waals surface area contributed by atoms with E-state index in [2.05, 4.69) is 33.7 Å². The molecule has 1 saturated heterocycles. The van der Waals surface area contributed by atoms with Crippen LogP contribution in [-0.2, 0) is 16.6 Å². The van der Waals surface area contributed by atoms with Crippen LogP contribution < -0.4 is 14.4 Å². The first-order valence-electron chi connectivity index (χ1n) is 15.2. The number of anilines is 1. The van der Waals surface area contributed by atoms with Gasteiger partial charge < -0.3 is 9.64 Å². The summed E-state index contributed by atoms with van der Waals surface area (Å²) in [7, 11) is -4.16. The smallest absolute Gasteiger partial charge is 0.283 e. The molecule has 3 aromatic heterocycles. The maximum atomic E-state index is 13.5. The van der Waals surface area contributed by atoms with Crippen molar-refractivity contribution >= 4 is 21.7 Å². The van der Waals surface area contributed by atoms with Crippen molar-refractivity contribution in [3.05, 3.63) is 42.2 Å². The summed E-state index contributed by atoms with van der Waals surface area (Å²) in [6.07, 6.45) is 12.8. The minimum absolute atomic E-state index is 0.182. The highest BCUT2D eigenvalue weighted by molar-refractivity contribution is 7.90. The molecule has 1 N–H and O–H groups in total. The van der Waals surface area contributed by atoms with Gasteiger partial charge in [0.25, 0.3) is 15.9 Å². The lowest BCUT2D eigenvalue weighted by Gasteiger charge is -2.34. The molecule has 0 radical (unpaired) electrons. The SMILES string of the molecule is CCCn1ccc(S(=O)(=O)NC(=O)c2ccc(-n3ccc(OCCC4C5(CC5)C45CC5)n3)nc2N2CCCC2(C)C)n1. The molecule has 4 fully saturated rings. The van der Waals surface area contributed by atoms with Gasteiger partial charge in [0.15, 0.2) is 10.8 Å². The number of aromatic nitrogens is 5. The van der Waals surface area contributed by atoms with Crippen molar-refractivity contribution in [2.24, 2.45) is 16.7 Å². The zero-order valence-corrected chi connectivity index (χ0v) is 25.4. The zero-order chi connectivity index (χ0) is 29.3. The number of sulfonamides is 1. The maximum Gasteiger partial charge on any atom is 0.283 e. The molecular weight excluding hydrogens is 554 g/mol. The van der Waals surface area contributed by atoms with Crippen molar-refractivity contribution in [2.75, 3.05) is 18.1 Å². The molecule has 0 atom stereocenters. The molecule has 42 heavy (non-hydrogen) atoms. The topological polar surface area (TPSA) is 124 Å². The fraction of sp³-hybridized carbons (Fsp3) is 0.600. The van der Waals surface area contributed by atoms with Gasteiger partial charge >= 0.3 is 0 Å². The third-order valence-electron chi connectivity index (χ3n) is 10.1. The number of nitrogens with zero attached hydrogens (tertiary/aromatic N) is 6. The largest absolute Gasteiger partial charge is 0.477 e. The Kier molecular flexibility index (Phi) is 6.24. The molecule has 1 amide bonds. The first-order valence-corrected chi connectivity index (χ1v) is 16.7. The number of aryl methyl sites for hydroxylation is 1. The Balaban J connectivity index is 1.10. The molecule has 4 heterocycles. The highest BCUT2D eigenvalue weighted by atomic mass is 32.2. The second-order valence-corrected chi connectivity index (χ2v) is 14.7. The fourth-order valence-electron chi connectivity index (χ4n) is 7.67. The Bertz CT molecular complexity index is 1620. The van der Waals surface area contributed by atoms with Crippen molar-refractivity contribution in [1.29, 1.82) is 0 Å². The van der Waals surface area contributed by atoms with Gasteiger partial charge in [0.05, 0.1) is 12.2 Å². The monoisotopic (exact) mass is 593 g/mol. The van der Waals surface area contributed by atoms with Gasteiger partial charge in [-0.3, -0.25) is 9.48 Å². The van der Waals surface area contributed by atoms with Gasteiger partial charge in [0.2, 0.25) is 5.88 Å². The summed E-state index contributed by atoms with van der Waals surface area (Å²) >= 11 is 0. The lowest BCUT2D eigenvalue weighted by molar-refractivity contribution is 0.0981. The lowest BCUT2D eigenvalue weighted by atomic mass is 10.0. The summed E-state index contributed by atoms with van der Waals surface area (Å²) in [5.74, 6) is 1.58. The van der Waals surface area contributed by atoms with E-state index >= 15 is 0 Å². The number of hydrogen-bond donors (Lipinski definition) is 1. The summed E-state index contributed by atoms with van der Waals surface area (Å²) in [5.41, 5.74) is 1.27. The van der Waals surface area contributed by atoms with E-state index in [0.717, 1.165) is 31.6 Å². The molecular formula is C30H39N7O4S. The highest BCUT2D eigenvalue weighted by Crippen LogP contribution is 2.93. The second-order valence-electron chi connectivity index (χ2n) is 13.1. The second kappa shape index (κ2) is 9.55. The first kappa shape index (κ1) is 27.4. The van der Waals surface area contributed by atoms with Gasteiger partial charge in [-0.1, -0.05) is 6.92 Å². The Morgan fingerprint density at radius 2 is 1.81 bits per heavy atom. The highest BCUT2D eigenvalue weighted by Gasteiger charge is 2.85. The van der Waals surface area contributed by atoms with Crippen LogP contribution in [0, 0.1) is 16.7 Å². The predicted octanol–water partition coefficient (Wildman–Crippen LogP) is 4.33. The molecule has 4 aliphatic rings. The van der Waals surface area contributed by atoms with E-state index in [1.54, 1.807) is 33.9 Å². The number of pyridine rings is 1. The third-order valence-corrected chi connectivity index (χ3v) is 11.3. The van der Waals surface area contributed by atoms with E-state index in [1.165, 1.54) is 31.7 Å². The normalized spacial score (nSPS) is 21.2. The first-order chi connectivity index (χ1) is 20.1. The van der Waals surface area contributed by atoms with Gasteiger partial charge in [-0.05, 0) is 100 Å². The molecule has 3 saturated carbocycles. The van der Waals surface area contributed by atoms with Crippen molar-refractivity contribution in [3.63, 3.8) is 0 Å². The summed E-state index contributed by atoms with van der Waals surface area (Å²) in [6, 6.07) is 6.52. The molecule has 0 aromatic carbocycles. The molecule has 1 aliphatic heterocycles. The predicted molar refractivity (Wildman–Crippen MR) is 156 cm³/mol. The number of amides is 1. The van der Waals surface area contributed by atoms with Crippen molar-refractivity contribution < 1.29 is 17.9 Å². The van der Waals surface area contributed by atoms with Gasteiger partial charge in [0, 0.05) is 37.1 Å². The van der Waals surface area contributed by atoms with Crippen LogP contribution in [0.3, 0.4) is 0 Å². The van der Waals surface area contributed by atoms with Crippen LogP contribution in [-0.4, -0.2) is 57.6 Å². The molecule has 2 spiro atoms. The minimum Gasteiger partial charge on any atom is -0.477 e. The number of nitrogens with one attached hydrogen (secondary N) is 1. The van der Waals surface area contributed by atoms with Crippen molar-refractivity contribution in [2.45, 2.75) is 89.2 Å². The summed E-state index contributed by atoms with van der Waals surface area (Å²) in [4.78, 5) is 20.4. The fourth-order valence-corrected chi connectivity index (χ4v) is 8.58. The molecule has 0 bridgehead atoms. The summed E-state index contributed by atoms with van der Waals surface area (Å²) in [5, 5.41) is 8.53. The quantitative estimate of drug-likeness (QED) is 0.348. The Morgan fingerprint density at radius 1 is 1.05 bits per heavy atom. The number of rotatable bonds is 11. The van der Waals surface area contributed by atoms with Gasteiger partial charge in [0.1, 0.15) is 5.82 Å². The van der Waals surface area contributed by atoms with E-state index in [1.807, 2.05) is 13.0 Å². The van der Waals surface area contributed by atoms with E-state index in [4.69, 9.17) is 9.72 Å². The van der Waals surface area contributed by atoms with Gasteiger partial charge in [-0.25, -0.2) is 14.4 Å². The zero-order valence-electron chi connectivity index (χ0n) is 24.5. The van der Waals surface area contributed by atoms with E-state index < -0.39 is 15.9 Å². The van der Waals surface area contributed by atoms with Crippen LogP contribution in [0.5, 0.6) is 5.88 Å². The van der Waals surface area contributed by atoms with Gasteiger partial charge in [-0.15, -0.1) is 5.10 Å². The average molecular weight is 594 g/mol. The van der Waals surface area contributed by atoms with Crippen molar-refractivity contribution in [1.82, 2.24) is 29.3 Å². The Labute approximate surface area is 246 Å². The summed E-state index contributed by atoms with van der Waals surface area (Å²) in [6.45, 7) is 8.14. The van der Waals surface area contributed by atoms with Crippen LogP contribution in [0.25, 0.3) is 5.82 Å². The number of hydrogen-bond acceptors (Lipinski definition) is 8. The number of carbonyl (C=O) groups is 1. The molecule has 3 aliphatic carbocycles. The van der Waals surface area contributed by atoms with Crippen LogP contribution in [0.1, 0.15) is 82.5 Å². The van der Waals surface area contributed by atoms with E-state index in [-0.39, 0.29) is 16.1 Å². The average Bonchev–Trinajstić information content (AvgIpc) is 3.85. The van der Waals surface area contributed by atoms with Crippen LogP contribution in [0.4, 0.5) is 5.82 Å². The van der Waals surface area contributed by atoms with Crippen LogP contribution in [0.2, 0.25) is 0 Å². The number of ether oxygens (including phenoxy) is 1. The van der Waals surface area contributed by atoms with Crippen molar-refractivity contribution in [3.8, 4) is 11.7 Å². The lowest BCUT2D eigenvalue weighted by Crippen LogP contribution is -2.41. The van der Waals surface area contributed by atoms with E-state index in [9.17, 15) is 13.2 Å². The third kappa shape index (κ3) is 4.49. The minimum atomic E-state index is -4.16.